The third-order valence-corrected chi connectivity index (χ3v) is 3.69. The first-order valence-electron chi connectivity index (χ1n) is 6.19. The Labute approximate surface area is 114 Å². The monoisotopic (exact) mass is 278 g/mol. The molecule has 7 nitrogen and oxygen atoms in total. The number of aliphatic carboxylic acids is 1. The number of carboxylic acid groups (broad SMARTS) is 1. The molecule has 1 aliphatic carbocycles. The summed E-state index contributed by atoms with van der Waals surface area (Å²) >= 11 is 0. The summed E-state index contributed by atoms with van der Waals surface area (Å²) < 4.78 is 0. The van der Waals surface area contributed by atoms with Crippen LogP contribution < -0.4 is 5.32 Å². The van der Waals surface area contributed by atoms with E-state index in [0.717, 1.165) is 0 Å². The first-order valence-corrected chi connectivity index (χ1v) is 6.19. The maximum Gasteiger partial charge on any atom is 0.307 e. The van der Waals surface area contributed by atoms with Crippen molar-refractivity contribution in [1.29, 1.82) is 0 Å². The van der Waals surface area contributed by atoms with Crippen molar-refractivity contribution in [3.8, 4) is 0 Å². The van der Waals surface area contributed by atoms with E-state index in [9.17, 15) is 19.7 Å². The van der Waals surface area contributed by atoms with Crippen molar-refractivity contribution in [1.82, 2.24) is 0 Å². The molecule has 0 radical (unpaired) electrons. The van der Waals surface area contributed by atoms with Crippen LogP contribution in [0.15, 0.2) is 18.2 Å². The van der Waals surface area contributed by atoms with E-state index >= 15 is 0 Å². The number of nitro groups is 1. The van der Waals surface area contributed by atoms with E-state index in [-0.39, 0.29) is 5.69 Å². The Morgan fingerprint density at radius 1 is 1.35 bits per heavy atom. The second-order valence-corrected chi connectivity index (χ2v) is 4.82. The Balaban J connectivity index is 2.15. The Morgan fingerprint density at radius 3 is 2.50 bits per heavy atom. The Bertz CT molecular complexity index is 584. The molecule has 0 spiro atoms. The number of hydrogen-bond acceptors (Lipinski definition) is 4. The topological polar surface area (TPSA) is 110 Å². The number of hydrogen-bond donors (Lipinski definition) is 2. The molecule has 1 amide bonds. The Hall–Kier alpha value is -2.44. The predicted octanol–water partition coefficient (Wildman–Crippen LogP) is 1.95. The summed E-state index contributed by atoms with van der Waals surface area (Å²) in [5.41, 5.74) is 0.628. The van der Waals surface area contributed by atoms with Gasteiger partial charge in [-0.05, 0) is 25.8 Å². The number of amides is 1. The maximum atomic E-state index is 12.0. The smallest absolute Gasteiger partial charge is 0.307 e. The van der Waals surface area contributed by atoms with Gasteiger partial charge in [0.15, 0.2) is 0 Å². The van der Waals surface area contributed by atoms with E-state index in [2.05, 4.69) is 5.32 Å². The van der Waals surface area contributed by atoms with Gasteiger partial charge < -0.3 is 10.4 Å². The van der Waals surface area contributed by atoms with Gasteiger partial charge in [-0.15, -0.1) is 0 Å². The van der Waals surface area contributed by atoms with E-state index in [1.807, 2.05) is 0 Å². The number of carboxylic acids is 1. The fourth-order valence-corrected chi connectivity index (χ4v) is 2.29. The lowest BCUT2D eigenvalue weighted by atomic mass is 9.73. The van der Waals surface area contributed by atoms with E-state index in [4.69, 9.17) is 5.11 Å². The van der Waals surface area contributed by atoms with Crippen molar-refractivity contribution in [2.24, 2.45) is 11.8 Å². The summed E-state index contributed by atoms with van der Waals surface area (Å²) in [6, 6.07) is 4.40. The van der Waals surface area contributed by atoms with Crippen molar-refractivity contribution in [3.63, 3.8) is 0 Å². The van der Waals surface area contributed by atoms with Crippen LogP contribution in [0, 0.1) is 28.9 Å². The quantitative estimate of drug-likeness (QED) is 0.646. The highest BCUT2D eigenvalue weighted by Gasteiger charge is 2.41. The van der Waals surface area contributed by atoms with Crippen LogP contribution >= 0.6 is 0 Å². The zero-order valence-corrected chi connectivity index (χ0v) is 10.8. The Morgan fingerprint density at radius 2 is 2.00 bits per heavy atom. The number of benzene rings is 1. The van der Waals surface area contributed by atoms with Crippen LogP contribution in [-0.4, -0.2) is 21.9 Å². The molecule has 0 heterocycles. The molecule has 106 valence electrons. The molecule has 1 aromatic carbocycles. The van der Waals surface area contributed by atoms with E-state index in [1.165, 1.54) is 12.1 Å². The third kappa shape index (κ3) is 2.47. The van der Waals surface area contributed by atoms with Gasteiger partial charge in [-0.3, -0.25) is 19.7 Å². The first kappa shape index (κ1) is 14.0. The van der Waals surface area contributed by atoms with Gasteiger partial charge in [0.25, 0.3) is 5.69 Å². The van der Waals surface area contributed by atoms with Crippen LogP contribution in [0.3, 0.4) is 0 Å². The van der Waals surface area contributed by atoms with Gasteiger partial charge >= 0.3 is 5.97 Å². The average molecular weight is 278 g/mol. The summed E-state index contributed by atoms with van der Waals surface area (Å²) in [5.74, 6) is -2.60. The Kier molecular flexibility index (Phi) is 3.69. The van der Waals surface area contributed by atoms with Crippen LogP contribution in [0.1, 0.15) is 18.4 Å². The summed E-state index contributed by atoms with van der Waals surface area (Å²) in [6.45, 7) is 1.54. The number of nitro benzene ring substituents is 1. The molecule has 20 heavy (non-hydrogen) atoms. The average Bonchev–Trinajstić information content (AvgIpc) is 2.29. The number of nitrogens with zero attached hydrogens (tertiary/aromatic N) is 1. The van der Waals surface area contributed by atoms with Gasteiger partial charge in [0, 0.05) is 6.07 Å². The van der Waals surface area contributed by atoms with Crippen molar-refractivity contribution in [2.75, 3.05) is 5.32 Å². The minimum Gasteiger partial charge on any atom is -0.481 e. The van der Waals surface area contributed by atoms with Crippen LogP contribution in [0.4, 0.5) is 11.4 Å². The highest BCUT2D eigenvalue weighted by atomic mass is 16.6. The molecular weight excluding hydrogens is 264 g/mol. The fraction of sp³-hybridized carbons (Fsp3) is 0.385. The molecule has 0 aromatic heterocycles. The summed E-state index contributed by atoms with van der Waals surface area (Å²) in [5, 5.41) is 22.3. The summed E-state index contributed by atoms with van der Waals surface area (Å²) in [4.78, 5) is 33.2. The second-order valence-electron chi connectivity index (χ2n) is 4.82. The first-order chi connectivity index (χ1) is 9.41. The standard InChI is InChI=1S/C13H14N2O5/c1-7-10(3-2-4-11(7)15(19)20)14-12(16)8-5-6-9(8)13(17)18/h2-4,8-9H,5-6H2,1H3,(H,14,16)(H,17,18). The molecule has 1 fully saturated rings. The lowest BCUT2D eigenvalue weighted by Crippen LogP contribution is -2.41. The van der Waals surface area contributed by atoms with E-state index in [1.54, 1.807) is 13.0 Å². The third-order valence-electron chi connectivity index (χ3n) is 3.69. The number of rotatable bonds is 4. The fourth-order valence-electron chi connectivity index (χ4n) is 2.29. The number of nitrogens with one attached hydrogen (secondary N) is 1. The van der Waals surface area contributed by atoms with Crippen LogP contribution in [-0.2, 0) is 9.59 Å². The molecule has 2 rings (SSSR count). The summed E-state index contributed by atoms with van der Waals surface area (Å²) in [7, 11) is 0. The zero-order chi connectivity index (χ0) is 14.9. The van der Waals surface area contributed by atoms with Gasteiger partial charge in [-0.2, -0.15) is 0 Å². The molecular formula is C13H14N2O5. The summed E-state index contributed by atoms with van der Waals surface area (Å²) in [6.07, 6.45) is 1.01. The highest BCUT2D eigenvalue weighted by molar-refractivity contribution is 5.97. The van der Waals surface area contributed by atoms with Crippen LogP contribution in [0.25, 0.3) is 0 Å². The van der Waals surface area contributed by atoms with Crippen molar-refractivity contribution in [3.05, 3.63) is 33.9 Å². The van der Waals surface area contributed by atoms with E-state index < -0.39 is 28.6 Å². The molecule has 2 unspecified atom stereocenters. The largest absolute Gasteiger partial charge is 0.481 e. The number of carbonyl (C=O) groups is 2. The van der Waals surface area contributed by atoms with Crippen molar-refractivity contribution < 1.29 is 19.6 Å². The highest BCUT2D eigenvalue weighted by Crippen LogP contribution is 2.36. The molecule has 1 aromatic rings. The predicted molar refractivity (Wildman–Crippen MR) is 70.3 cm³/mol. The second kappa shape index (κ2) is 5.28. The molecule has 1 aliphatic rings. The van der Waals surface area contributed by atoms with Gasteiger partial charge in [-0.1, -0.05) is 6.07 Å². The molecule has 2 N–H and O–H groups in total. The zero-order valence-electron chi connectivity index (χ0n) is 10.8. The van der Waals surface area contributed by atoms with Gasteiger partial charge in [0.2, 0.25) is 5.91 Å². The van der Waals surface area contributed by atoms with Gasteiger partial charge in [-0.25, -0.2) is 0 Å². The minimum absolute atomic E-state index is 0.0776. The SMILES string of the molecule is Cc1c(NC(=O)C2CCC2C(=O)O)cccc1[N+](=O)[O-]. The molecule has 0 saturated heterocycles. The number of anilines is 1. The normalized spacial score (nSPS) is 20.9. The molecule has 2 atom stereocenters. The maximum absolute atomic E-state index is 12.0. The number of carbonyl (C=O) groups excluding carboxylic acids is 1. The van der Waals surface area contributed by atoms with Crippen molar-refractivity contribution >= 4 is 23.3 Å². The van der Waals surface area contributed by atoms with E-state index in [0.29, 0.717) is 24.1 Å². The lowest BCUT2D eigenvalue weighted by molar-refractivity contribution is -0.385. The molecule has 0 bridgehead atoms. The lowest BCUT2D eigenvalue weighted by Gasteiger charge is -2.32. The minimum atomic E-state index is -0.979. The molecule has 1 saturated carbocycles. The molecule has 0 aliphatic heterocycles. The van der Waals surface area contributed by atoms with Crippen molar-refractivity contribution in [2.45, 2.75) is 19.8 Å². The van der Waals surface area contributed by atoms with Gasteiger partial charge in [0.1, 0.15) is 0 Å². The van der Waals surface area contributed by atoms with Gasteiger partial charge in [0.05, 0.1) is 28.0 Å². The van der Waals surface area contributed by atoms with Crippen LogP contribution in [0.5, 0.6) is 0 Å². The molecule has 7 heteroatoms. The van der Waals surface area contributed by atoms with Crippen LogP contribution in [0.2, 0.25) is 0 Å².